The first kappa shape index (κ1) is 17.8. The smallest absolute Gasteiger partial charge is 0.269 e. The van der Waals surface area contributed by atoms with Crippen molar-refractivity contribution in [2.24, 2.45) is 10.2 Å². The van der Waals surface area contributed by atoms with E-state index in [2.05, 4.69) is 16.3 Å². The molecule has 0 aliphatic carbocycles. The van der Waals surface area contributed by atoms with Gasteiger partial charge in [0.2, 0.25) is 0 Å². The zero-order valence-electron chi connectivity index (χ0n) is 12.5. The van der Waals surface area contributed by atoms with Crippen molar-refractivity contribution in [1.29, 1.82) is 0 Å². The predicted octanol–water partition coefficient (Wildman–Crippen LogP) is 3.60. The third-order valence-electron chi connectivity index (χ3n) is 2.97. The molecule has 0 aromatic heterocycles. The average Bonchev–Trinajstić information content (AvgIpc) is 2.55. The Labute approximate surface area is 133 Å². The van der Waals surface area contributed by atoms with E-state index >= 15 is 0 Å². The van der Waals surface area contributed by atoms with E-state index in [0.29, 0.717) is 11.4 Å². The maximum absolute atomic E-state index is 10.6. The topological polar surface area (TPSA) is 103 Å². The van der Waals surface area contributed by atoms with Gasteiger partial charge in [-0.25, -0.2) is 0 Å². The molecule has 0 aliphatic rings. The van der Waals surface area contributed by atoms with Crippen molar-refractivity contribution in [3.63, 3.8) is 0 Å². The van der Waals surface area contributed by atoms with Crippen molar-refractivity contribution in [2.75, 3.05) is 11.4 Å². The van der Waals surface area contributed by atoms with Crippen LogP contribution in [-0.4, -0.2) is 16.9 Å². The summed E-state index contributed by atoms with van der Waals surface area (Å²) in [5.74, 6) is 0. The number of terminal acetylenes is 1. The number of anilines is 1. The van der Waals surface area contributed by atoms with E-state index in [1.807, 2.05) is 31.2 Å². The molecule has 0 atom stereocenters. The molecule has 2 rings (SSSR count). The molecule has 0 aliphatic heterocycles. The summed E-state index contributed by atoms with van der Waals surface area (Å²) in [5.41, 5.74) is 2.17. The molecule has 2 N–H and O–H groups in total. The standard InChI is InChI=1S/C16H14N4O2.H2O/c1-3-19(4-2)15-9-5-13(6-10-15)17-18-14-7-11-16(12-8-14)20(21)22;/h1,5-12H,4H2,2H3;1H2. The predicted molar refractivity (Wildman–Crippen MR) is 89.2 cm³/mol. The summed E-state index contributed by atoms with van der Waals surface area (Å²) >= 11 is 0. The monoisotopic (exact) mass is 312 g/mol. The van der Waals surface area contributed by atoms with Gasteiger partial charge in [-0.1, -0.05) is 6.42 Å². The first-order valence-electron chi connectivity index (χ1n) is 6.64. The lowest BCUT2D eigenvalue weighted by Crippen LogP contribution is -2.14. The Bertz CT molecular complexity index is 718. The van der Waals surface area contributed by atoms with E-state index in [1.165, 1.54) is 12.1 Å². The van der Waals surface area contributed by atoms with Gasteiger partial charge in [-0.3, -0.25) is 10.1 Å². The fourth-order valence-electron chi connectivity index (χ4n) is 1.80. The van der Waals surface area contributed by atoms with Gasteiger partial charge >= 0.3 is 0 Å². The molecule has 7 heteroatoms. The van der Waals surface area contributed by atoms with Crippen molar-refractivity contribution in [3.8, 4) is 12.5 Å². The van der Waals surface area contributed by atoms with Gasteiger partial charge in [0.1, 0.15) is 0 Å². The summed E-state index contributed by atoms with van der Waals surface area (Å²) in [4.78, 5) is 11.9. The Hall–Kier alpha value is -3.24. The SMILES string of the molecule is C#CN(CC)c1ccc(N=Nc2ccc([N+](=O)[O-])cc2)cc1.O. The van der Waals surface area contributed by atoms with Gasteiger partial charge in [0.05, 0.1) is 16.3 Å². The number of benzene rings is 2. The van der Waals surface area contributed by atoms with E-state index in [1.54, 1.807) is 17.0 Å². The molecule has 0 amide bonds. The molecule has 7 nitrogen and oxygen atoms in total. The molecule has 0 bridgehead atoms. The highest BCUT2D eigenvalue weighted by atomic mass is 16.6. The number of nitrogens with zero attached hydrogens (tertiary/aromatic N) is 4. The van der Waals surface area contributed by atoms with Crippen LogP contribution in [0.2, 0.25) is 0 Å². The number of azo groups is 1. The number of hydrogen-bond donors (Lipinski definition) is 0. The highest BCUT2D eigenvalue weighted by Gasteiger charge is 2.03. The molecular weight excluding hydrogens is 296 g/mol. The number of hydrogen-bond acceptors (Lipinski definition) is 5. The van der Waals surface area contributed by atoms with Crippen molar-refractivity contribution in [3.05, 3.63) is 58.6 Å². The maximum atomic E-state index is 10.6. The second-order valence-corrected chi connectivity index (χ2v) is 4.36. The third kappa shape index (κ3) is 4.62. The van der Waals surface area contributed by atoms with Crippen LogP contribution in [0.5, 0.6) is 0 Å². The first-order valence-corrected chi connectivity index (χ1v) is 6.64. The van der Waals surface area contributed by atoms with E-state index in [0.717, 1.165) is 12.2 Å². The average molecular weight is 312 g/mol. The van der Waals surface area contributed by atoms with Crippen LogP contribution < -0.4 is 4.90 Å². The highest BCUT2D eigenvalue weighted by molar-refractivity contribution is 5.56. The molecule has 2 aromatic carbocycles. The zero-order valence-corrected chi connectivity index (χ0v) is 12.5. The van der Waals surface area contributed by atoms with Crippen molar-refractivity contribution in [2.45, 2.75) is 6.92 Å². The number of non-ortho nitro benzene ring substituents is 1. The minimum atomic E-state index is -0.454. The highest BCUT2D eigenvalue weighted by Crippen LogP contribution is 2.23. The lowest BCUT2D eigenvalue weighted by atomic mass is 10.2. The molecule has 0 saturated heterocycles. The zero-order chi connectivity index (χ0) is 15.9. The summed E-state index contributed by atoms with van der Waals surface area (Å²) in [7, 11) is 0. The van der Waals surface area contributed by atoms with Crippen molar-refractivity contribution in [1.82, 2.24) is 0 Å². The van der Waals surface area contributed by atoms with Crippen LogP contribution in [0.1, 0.15) is 6.92 Å². The van der Waals surface area contributed by atoms with Crippen LogP contribution in [0.4, 0.5) is 22.7 Å². The van der Waals surface area contributed by atoms with Crippen molar-refractivity contribution < 1.29 is 10.4 Å². The normalized spacial score (nSPS) is 9.91. The van der Waals surface area contributed by atoms with Crippen LogP contribution in [-0.2, 0) is 0 Å². The van der Waals surface area contributed by atoms with Gasteiger partial charge in [0.25, 0.3) is 5.69 Å². The summed E-state index contributed by atoms with van der Waals surface area (Å²) in [6.45, 7) is 2.70. The number of nitro groups is 1. The van der Waals surface area contributed by atoms with Crippen LogP contribution in [0, 0.1) is 22.6 Å². The summed E-state index contributed by atoms with van der Waals surface area (Å²) < 4.78 is 0. The lowest BCUT2D eigenvalue weighted by Gasteiger charge is -2.14. The molecule has 0 unspecified atom stereocenters. The molecule has 0 radical (unpaired) electrons. The van der Waals surface area contributed by atoms with Crippen molar-refractivity contribution >= 4 is 22.7 Å². The summed E-state index contributed by atoms with van der Waals surface area (Å²) in [5, 5.41) is 18.7. The largest absolute Gasteiger partial charge is 0.412 e. The minimum Gasteiger partial charge on any atom is -0.412 e. The fraction of sp³-hybridized carbons (Fsp3) is 0.125. The lowest BCUT2D eigenvalue weighted by molar-refractivity contribution is -0.384. The quantitative estimate of drug-likeness (QED) is 0.277. The van der Waals surface area contributed by atoms with Gasteiger partial charge in [0.15, 0.2) is 0 Å². The van der Waals surface area contributed by atoms with Gasteiger partial charge in [-0.05, 0) is 43.3 Å². The van der Waals surface area contributed by atoms with E-state index < -0.39 is 4.92 Å². The maximum Gasteiger partial charge on any atom is 0.269 e. The Kier molecular flexibility index (Phi) is 6.40. The number of nitro benzene ring substituents is 1. The van der Waals surface area contributed by atoms with E-state index in [4.69, 9.17) is 6.42 Å². The molecule has 2 aromatic rings. The second kappa shape index (κ2) is 8.26. The molecule has 23 heavy (non-hydrogen) atoms. The summed E-state index contributed by atoms with van der Waals surface area (Å²) in [6.07, 6.45) is 5.41. The van der Waals surface area contributed by atoms with Gasteiger partial charge in [0, 0.05) is 30.4 Å². The molecular formula is C16H16N4O3. The molecule has 0 saturated carbocycles. The number of rotatable bonds is 5. The molecule has 0 heterocycles. The van der Waals surface area contributed by atoms with E-state index in [-0.39, 0.29) is 11.2 Å². The fourth-order valence-corrected chi connectivity index (χ4v) is 1.80. The third-order valence-corrected chi connectivity index (χ3v) is 2.97. The van der Waals surface area contributed by atoms with Crippen LogP contribution in [0.15, 0.2) is 58.8 Å². The van der Waals surface area contributed by atoms with E-state index in [9.17, 15) is 10.1 Å². The Balaban J connectivity index is 0.00000264. The Morgan fingerprint density at radius 3 is 1.96 bits per heavy atom. The van der Waals surface area contributed by atoms with Crippen LogP contribution in [0.3, 0.4) is 0 Å². The first-order chi connectivity index (χ1) is 10.6. The minimum absolute atomic E-state index is 0. The molecule has 118 valence electrons. The summed E-state index contributed by atoms with van der Waals surface area (Å²) in [6, 6.07) is 15.8. The van der Waals surface area contributed by atoms with Gasteiger partial charge < -0.3 is 10.4 Å². The molecule has 0 fully saturated rings. The second-order valence-electron chi connectivity index (χ2n) is 4.36. The Morgan fingerprint density at radius 2 is 1.57 bits per heavy atom. The van der Waals surface area contributed by atoms with Crippen LogP contribution in [0.25, 0.3) is 0 Å². The van der Waals surface area contributed by atoms with Crippen LogP contribution >= 0.6 is 0 Å². The van der Waals surface area contributed by atoms with Gasteiger partial charge in [-0.2, -0.15) is 10.2 Å². The Morgan fingerprint density at radius 1 is 1.09 bits per heavy atom. The molecule has 0 spiro atoms. The van der Waals surface area contributed by atoms with Gasteiger partial charge in [-0.15, -0.1) is 0 Å².